The van der Waals surface area contributed by atoms with Gasteiger partial charge in [-0.05, 0) is 12.8 Å². The Hall–Kier alpha value is -3.56. The van der Waals surface area contributed by atoms with E-state index in [1.54, 1.807) is 0 Å². The van der Waals surface area contributed by atoms with E-state index in [-0.39, 0.29) is 22.7 Å². The largest absolute Gasteiger partial charge is 0.493 e. The fourth-order valence-electron chi connectivity index (χ4n) is 2.17. The van der Waals surface area contributed by atoms with Crippen LogP contribution in [0.4, 0.5) is 22.7 Å². The number of anilines is 2. The SMILES string of the molecule is Nc1cc(OCCCCOc2cc(N)cc([N+](=O)[O-])c2)cc([N+](=O)[O-])c1. The maximum absolute atomic E-state index is 10.8. The highest BCUT2D eigenvalue weighted by atomic mass is 16.6. The Morgan fingerprint density at radius 2 is 1.12 bits per heavy atom. The summed E-state index contributed by atoms with van der Waals surface area (Å²) in [5, 5.41) is 21.5. The van der Waals surface area contributed by atoms with Crippen LogP contribution in [0.2, 0.25) is 0 Å². The Morgan fingerprint density at radius 3 is 1.46 bits per heavy atom. The number of ether oxygens (including phenoxy) is 2. The van der Waals surface area contributed by atoms with E-state index in [0.717, 1.165) is 0 Å². The molecular weight excluding hydrogens is 344 g/mol. The van der Waals surface area contributed by atoms with Gasteiger partial charge in [-0.2, -0.15) is 0 Å². The molecular formula is C16H18N4O6. The summed E-state index contributed by atoms with van der Waals surface area (Å²) in [6.07, 6.45) is 1.24. The number of non-ortho nitro benzene ring substituents is 2. The fraction of sp³-hybridized carbons (Fsp3) is 0.250. The van der Waals surface area contributed by atoms with Gasteiger partial charge in [0.2, 0.25) is 0 Å². The number of nitrogen functional groups attached to an aromatic ring is 2. The van der Waals surface area contributed by atoms with E-state index >= 15 is 0 Å². The minimum absolute atomic E-state index is 0.133. The molecule has 0 atom stereocenters. The Morgan fingerprint density at radius 1 is 0.731 bits per heavy atom. The lowest BCUT2D eigenvalue weighted by Gasteiger charge is -2.09. The molecule has 0 unspecified atom stereocenters. The van der Waals surface area contributed by atoms with Crippen LogP contribution in [0.1, 0.15) is 12.8 Å². The predicted octanol–water partition coefficient (Wildman–Crippen LogP) is 2.91. The predicted molar refractivity (Wildman–Crippen MR) is 95.2 cm³/mol. The van der Waals surface area contributed by atoms with Crippen LogP contribution in [-0.4, -0.2) is 23.1 Å². The highest BCUT2D eigenvalue weighted by molar-refractivity contribution is 5.54. The van der Waals surface area contributed by atoms with Gasteiger partial charge in [0.1, 0.15) is 11.5 Å². The molecule has 0 bridgehead atoms. The molecule has 0 heterocycles. The molecule has 0 spiro atoms. The summed E-state index contributed by atoms with van der Waals surface area (Å²) >= 11 is 0. The van der Waals surface area contributed by atoms with Gasteiger partial charge in [0.15, 0.2) is 0 Å². The molecule has 138 valence electrons. The Bertz CT molecular complexity index is 744. The van der Waals surface area contributed by atoms with Gasteiger partial charge in [0.05, 0.1) is 35.2 Å². The van der Waals surface area contributed by atoms with Crippen LogP contribution in [0.3, 0.4) is 0 Å². The summed E-state index contributed by atoms with van der Waals surface area (Å²) < 4.78 is 10.9. The summed E-state index contributed by atoms with van der Waals surface area (Å²) in [4.78, 5) is 20.5. The zero-order valence-corrected chi connectivity index (χ0v) is 13.8. The average molecular weight is 362 g/mol. The molecule has 0 amide bonds. The third-order valence-corrected chi connectivity index (χ3v) is 3.33. The lowest BCUT2D eigenvalue weighted by atomic mass is 10.2. The van der Waals surface area contributed by atoms with Crippen LogP contribution in [0.15, 0.2) is 36.4 Å². The summed E-state index contributed by atoms with van der Waals surface area (Å²) in [5.74, 6) is 0.646. The van der Waals surface area contributed by atoms with E-state index in [9.17, 15) is 20.2 Å². The van der Waals surface area contributed by atoms with Gasteiger partial charge < -0.3 is 20.9 Å². The first kappa shape index (κ1) is 18.8. The number of nitro benzene ring substituents is 2. The van der Waals surface area contributed by atoms with Gasteiger partial charge in [-0.3, -0.25) is 20.2 Å². The molecule has 0 aliphatic carbocycles. The molecule has 0 aliphatic rings. The molecule has 0 fully saturated rings. The molecule has 2 aromatic rings. The summed E-state index contributed by atoms with van der Waals surface area (Å²) in [5.41, 5.74) is 11.4. The highest BCUT2D eigenvalue weighted by Crippen LogP contribution is 2.25. The molecule has 10 heteroatoms. The van der Waals surface area contributed by atoms with Crippen LogP contribution >= 0.6 is 0 Å². The third-order valence-electron chi connectivity index (χ3n) is 3.33. The van der Waals surface area contributed by atoms with E-state index in [0.29, 0.717) is 37.6 Å². The van der Waals surface area contributed by atoms with Gasteiger partial charge >= 0.3 is 0 Å². The molecule has 4 N–H and O–H groups in total. The molecule has 0 aromatic heterocycles. The first-order valence-electron chi connectivity index (χ1n) is 7.70. The Kier molecular flexibility index (Phi) is 6.15. The van der Waals surface area contributed by atoms with E-state index in [2.05, 4.69) is 0 Å². The maximum Gasteiger partial charge on any atom is 0.275 e. The van der Waals surface area contributed by atoms with Crippen LogP contribution in [0, 0.1) is 20.2 Å². The number of unbranched alkanes of at least 4 members (excludes halogenated alkanes) is 1. The van der Waals surface area contributed by atoms with Gasteiger partial charge in [-0.15, -0.1) is 0 Å². The highest BCUT2D eigenvalue weighted by Gasteiger charge is 2.10. The first-order chi connectivity index (χ1) is 12.3. The minimum atomic E-state index is -0.540. The summed E-state index contributed by atoms with van der Waals surface area (Å²) in [6.45, 7) is 0.641. The first-order valence-corrected chi connectivity index (χ1v) is 7.70. The fourth-order valence-corrected chi connectivity index (χ4v) is 2.17. The second-order valence-corrected chi connectivity index (χ2v) is 5.44. The normalized spacial score (nSPS) is 10.3. The Balaban J connectivity index is 1.76. The molecule has 2 rings (SSSR count). The molecule has 0 saturated carbocycles. The van der Waals surface area contributed by atoms with Crippen molar-refractivity contribution in [2.75, 3.05) is 24.7 Å². The second kappa shape index (κ2) is 8.51. The molecule has 0 radical (unpaired) electrons. The number of nitro groups is 2. The van der Waals surface area contributed by atoms with Crippen molar-refractivity contribution in [3.8, 4) is 11.5 Å². The Labute approximate surface area is 148 Å². The number of nitrogens with zero attached hydrogens (tertiary/aromatic N) is 2. The van der Waals surface area contributed by atoms with E-state index in [1.807, 2.05) is 0 Å². The van der Waals surface area contributed by atoms with Crippen LogP contribution in [0.5, 0.6) is 11.5 Å². The van der Waals surface area contributed by atoms with Crippen molar-refractivity contribution in [1.82, 2.24) is 0 Å². The van der Waals surface area contributed by atoms with Crippen molar-refractivity contribution in [2.24, 2.45) is 0 Å². The monoisotopic (exact) mass is 362 g/mol. The van der Waals surface area contributed by atoms with Crippen LogP contribution in [0.25, 0.3) is 0 Å². The van der Waals surface area contributed by atoms with E-state index in [1.165, 1.54) is 36.4 Å². The standard InChI is InChI=1S/C16H18N4O6/c17-11-5-13(19(21)22)9-15(7-11)25-3-1-2-4-26-16-8-12(18)6-14(10-16)20(23)24/h5-10H,1-4,17-18H2. The molecule has 2 aromatic carbocycles. The molecule has 0 aliphatic heterocycles. The van der Waals surface area contributed by atoms with Crippen LogP contribution in [-0.2, 0) is 0 Å². The van der Waals surface area contributed by atoms with Crippen molar-refractivity contribution in [2.45, 2.75) is 12.8 Å². The van der Waals surface area contributed by atoms with Crippen molar-refractivity contribution >= 4 is 22.7 Å². The van der Waals surface area contributed by atoms with Gasteiger partial charge in [-0.25, -0.2) is 0 Å². The third kappa shape index (κ3) is 5.51. The maximum atomic E-state index is 10.8. The average Bonchev–Trinajstić information content (AvgIpc) is 2.57. The minimum Gasteiger partial charge on any atom is -0.493 e. The van der Waals surface area contributed by atoms with E-state index in [4.69, 9.17) is 20.9 Å². The number of nitrogens with two attached hydrogens (primary N) is 2. The number of hydrogen-bond donors (Lipinski definition) is 2. The summed E-state index contributed by atoms with van der Waals surface area (Å²) in [7, 11) is 0. The molecule has 10 nitrogen and oxygen atoms in total. The zero-order valence-electron chi connectivity index (χ0n) is 13.8. The lowest BCUT2D eigenvalue weighted by Crippen LogP contribution is -2.04. The number of benzene rings is 2. The molecule has 26 heavy (non-hydrogen) atoms. The molecule has 0 saturated heterocycles. The topological polar surface area (TPSA) is 157 Å². The van der Waals surface area contributed by atoms with E-state index < -0.39 is 9.85 Å². The van der Waals surface area contributed by atoms with Crippen molar-refractivity contribution in [1.29, 1.82) is 0 Å². The van der Waals surface area contributed by atoms with Crippen LogP contribution < -0.4 is 20.9 Å². The number of rotatable bonds is 9. The van der Waals surface area contributed by atoms with Gasteiger partial charge in [-0.1, -0.05) is 0 Å². The number of hydrogen-bond acceptors (Lipinski definition) is 8. The van der Waals surface area contributed by atoms with Crippen molar-refractivity contribution < 1.29 is 19.3 Å². The summed E-state index contributed by atoms with van der Waals surface area (Å²) in [6, 6.07) is 8.14. The smallest absolute Gasteiger partial charge is 0.275 e. The van der Waals surface area contributed by atoms with Gasteiger partial charge in [0.25, 0.3) is 11.4 Å². The van der Waals surface area contributed by atoms with Crippen molar-refractivity contribution in [3.05, 3.63) is 56.6 Å². The van der Waals surface area contributed by atoms with Gasteiger partial charge in [0, 0.05) is 35.6 Å². The zero-order chi connectivity index (χ0) is 19.1. The van der Waals surface area contributed by atoms with Crippen molar-refractivity contribution in [3.63, 3.8) is 0 Å². The quantitative estimate of drug-likeness (QED) is 0.298. The second-order valence-electron chi connectivity index (χ2n) is 5.44. The lowest BCUT2D eigenvalue weighted by molar-refractivity contribution is -0.385.